The fraction of sp³-hybridized carbons (Fsp3) is 0.514. The zero-order valence-corrected chi connectivity index (χ0v) is 27.7. The summed E-state index contributed by atoms with van der Waals surface area (Å²) in [5.74, 6) is 1.34. The average Bonchev–Trinajstić information content (AvgIpc) is 3.23. The quantitative estimate of drug-likeness (QED) is 0.219. The summed E-state index contributed by atoms with van der Waals surface area (Å²) in [6.07, 6.45) is -0.504. The Labute approximate surface area is 261 Å². The second-order valence-corrected chi connectivity index (χ2v) is 14.2. The Bertz CT molecular complexity index is 1480. The largest absolute Gasteiger partial charge is 0.493 e. The maximum absolute atomic E-state index is 13.7. The Balaban J connectivity index is 1.52. The molecule has 3 aromatic rings. The van der Waals surface area contributed by atoms with Crippen molar-refractivity contribution in [1.29, 1.82) is 0 Å². The van der Waals surface area contributed by atoms with Crippen molar-refractivity contribution in [2.75, 3.05) is 24.6 Å². The van der Waals surface area contributed by atoms with E-state index in [0.717, 1.165) is 58.2 Å². The van der Waals surface area contributed by atoms with Crippen molar-refractivity contribution in [3.8, 4) is 16.9 Å². The maximum atomic E-state index is 13.7. The van der Waals surface area contributed by atoms with Crippen molar-refractivity contribution in [3.05, 3.63) is 76.9 Å². The van der Waals surface area contributed by atoms with Gasteiger partial charge in [-0.3, -0.25) is 4.98 Å². The van der Waals surface area contributed by atoms with E-state index in [0.29, 0.717) is 30.3 Å². The topological polar surface area (TPSA) is 60.9 Å². The molecule has 236 valence electrons. The highest BCUT2D eigenvalue weighted by molar-refractivity contribution is 5.88. The SMILES string of the molecule is Cc1nc(C)c([C@H](OC(C)(C)C)C(=O)OC(C)C)c(N2CC3C(C2)C3(C)C)c1-c1ccc(OCCc2ccc(F)cc2)cc1. The highest BCUT2D eigenvalue weighted by Gasteiger charge is 2.62. The number of benzene rings is 2. The molecule has 5 rings (SSSR count). The molecule has 0 radical (unpaired) electrons. The van der Waals surface area contributed by atoms with E-state index >= 15 is 0 Å². The molecule has 0 spiro atoms. The van der Waals surface area contributed by atoms with Crippen LogP contribution in [0.1, 0.15) is 77.1 Å². The minimum absolute atomic E-state index is 0.239. The van der Waals surface area contributed by atoms with Gasteiger partial charge in [-0.2, -0.15) is 0 Å². The number of esters is 1. The first-order chi connectivity index (χ1) is 20.7. The average molecular weight is 603 g/mol. The van der Waals surface area contributed by atoms with Gasteiger partial charge in [0, 0.05) is 42.0 Å². The molecule has 0 amide bonds. The Morgan fingerprint density at radius 1 is 1.00 bits per heavy atom. The zero-order valence-electron chi connectivity index (χ0n) is 27.7. The highest BCUT2D eigenvalue weighted by Crippen LogP contribution is 2.63. The minimum Gasteiger partial charge on any atom is -0.493 e. The number of fused-ring (bicyclic) bond motifs is 1. The fourth-order valence-electron chi connectivity index (χ4n) is 6.68. The number of nitrogens with zero attached hydrogens (tertiary/aromatic N) is 2. The van der Waals surface area contributed by atoms with Gasteiger partial charge in [-0.1, -0.05) is 38.1 Å². The molecule has 0 N–H and O–H groups in total. The number of aryl methyl sites for hydroxylation is 2. The Kier molecular flexibility index (Phi) is 8.83. The molecule has 1 aliphatic heterocycles. The standard InChI is InChI=1S/C37H47FN2O4/c1-22(2)43-35(41)34(44-36(5,6)7)32-24(4)39-23(3)31(33(32)40-20-29-30(21-40)37(29,8)9)26-12-16-28(17-13-26)42-19-18-25-10-14-27(38)15-11-25/h10-17,22,29-30,34H,18-21H2,1-9H3/t29?,30?,34-/m0/s1. The maximum Gasteiger partial charge on any atom is 0.340 e. The van der Waals surface area contributed by atoms with E-state index < -0.39 is 17.7 Å². The van der Waals surface area contributed by atoms with Crippen molar-refractivity contribution >= 4 is 11.7 Å². The van der Waals surface area contributed by atoms with Crippen LogP contribution in [0.4, 0.5) is 10.1 Å². The van der Waals surface area contributed by atoms with Gasteiger partial charge >= 0.3 is 5.97 Å². The summed E-state index contributed by atoms with van der Waals surface area (Å²) >= 11 is 0. The molecule has 7 heteroatoms. The molecule has 2 aromatic carbocycles. The summed E-state index contributed by atoms with van der Waals surface area (Å²) < 4.78 is 31.6. The van der Waals surface area contributed by atoms with Crippen molar-refractivity contribution in [1.82, 2.24) is 4.98 Å². The summed E-state index contributed by atoms with van der Waals surface area (Å²) in [6.45, 7) is 20.6. The van der Waals surface area contributed by atoms with Crippen LogP contribution >= 0.6 is 0 Å². The highest BCUT2D eigenvalue weighted by atomic mass is 19.1. The molecule has 2 fully saturated rings. The third-order valence-electron chi connectivity index (χ3n) is 9.03. The number of hydrogen-bond acceptors (Lipinski definition) is 6. The van der Waals surface area contributed by atoms with E-state index in [1.54, 1.807) is 12.1 Å². The predicted molar refractivity (Wildman–Crippen MR) is 173 cm³/mol. The van der Waals surface area contributed by atoms with Crippen LogP contribution in [-0.2, 0) is 20.7 Å². The number of carbonyl (C=O) groups excluding carboxylic acids is 1. The minimum atomic E-state index is -0.918. The van der Waals surface area contributed by atoms with Gasteiger partial charge in [-0.05, 0) is 101 Å². The van der Waals surface area contributed by atoms with E-state index in [1.165, 1.54) is 12.1 Å². The van der Waals surface area contributed by atoms with Crippen molar-refractivity contribution in [3.63, 3.8) is 0 Å². The van der Waals surface area contributed by atoms with Crippen LogP contribution in [0.2, 0.25) is 0 Å². The number of rotatable bonds is 10. The Hall–Kier alpha value is -3.45. The molecule has 1 aromatic heterocycles. The van der Waals surface area contributed by atoms with Gasteiger partial charge in [0.25, 0.3) is 0 Å². The van der Waals surface area contributed by atoms with Crippen LogP contribution in [0.15, 0.2) is 48.5 Å². The normalized spacial score (nSPS) is 19.6. The van der Waals surface area contributed by atoms with Gasteiger partial charge in [0.2, 0.25) is 0 Å². The van der Waals surface area contributed by atoms with Gasteiger partial charge in [-0.25, -0.2) is 9.18 Å². The second kappa shape index (κ2) is 12.2. The van der Waals surface area contributed by atoms with E-state index in [-0.39, 0.29) is 11.9 Å². The predicted octanol–water partition coefficient (Wildman–Crippen LogP) is 8.03. The Morgan fingerprint density at radius 2 is 1.61 bits per heavy atom. The van der Waals surface area contributed by atoms with Gasteiger partial charge in [-0.15, -0.1) is 0 Å². The van der Waals surface area contributed by atoms with Gasteiger partial charge in [0.15, 0.2) is 6.10 Å². The van der Waals surface area contributed by atoms with Crippen LogP contribution in [0, 0.1) is 36.9 Å². The number of aromatic nitrogens is 1. The number of piperidine rings is 1. The first-order valence-corrected chi connectivity index (χ1v) is 15.8. The van der Waals surface area contributed by atoms with Crippen LogP contribution < -0.4 is 9.64 Å². The number of pyridine rings is 1. The smallest absolute Gasteiger partial charge is 0.340 e. The van der Waals surface area contributed by atoms with Crippen LogP contribution in [0.25, 0.3) is 11.1 Å². The third-order valence-corrected chi connectivity index (χ3v) is 9.03. The first-order valence-electron chi connectivity index (χ1n) is 15.8. The fourth-order valence-corrected chi connectivity index (χ4v) is 6.68. The summed E-state index contributed by atoms with van der Waals surface area (Å²) in [6, 6.07) is 14.6. The third kappa shape index (κ3) is 6.78. The lowest BCUT2D eigenvalue weighted by Crippen LogP contribution is -2.34. The molecule has 1 aliphatic carbocycles. The Morgan fingerprint density at radius 3 is 2.18 bits per heavy atom. The summed E-state index contributed by atoms with van der Waals surface area (Å²) in [7, 11) is 0. The van der Waals surface area contributed by atoms with Crippen LogP contribution in [0.5, 0.6) is 5.75 Å². The van der Waals surface area contributed by atoms with E-state index in [2.05, 4.69) is 30.9 Å². The van der Waals surface area contributed by atoms with Crippen LogP contribution in [0.3, 0.4) is 0 Å². The molecule has 1 saturated heterocycles. The molecule has 2 heterocycles. The van der Waals surface area contributed by atoms with Crippen molar-refractivity contribution in [2.45, 2.75) is 86.5 Å². The molecule has 0 bridgehead atoms. The summed E-state index contributed by atoms with van der Waals surface area (Å²) in [5.41, 5.74) is 6.25. The number of hydrogen-bond donors (Lipinski definition) is 0. The molecule has 6 nitrogen and oxygen atoms in total. The first kappa shape index (κ1) is 32.0. The molecule has 2 unspecified atom stereocenters. The monoisotopic (exact) mass is 602 g/mol. The molecule has 44 heavy (non-hydrogen) atoms. The van der Waals surface area contributed by atoms with Gasteiger partial charge in [0.05, 0.1) is 24.0 Å². The van der Waals surface area contributed by atoms with Crippen molar-refractivity contribution in [2.24, 2.45) is 17.3 Å². The number of halogens is 1. The molecule has 3 atom stereocenters. The van der Waals surface area contributed by atoms with E-state index in [9.17, 15) is 9.18 Å². The summed E-state index contributed by atoms with van der Waals surface area (Å²) in [4.78, 5) is 21.1. The summed E-state index contributed by atoms with van der Waals surface area (Å²) in [5, 5.41) is 0. The molecule has 2 aliphatic rings. The van der Waals surface area contributed by atoms with Gasteiger partial charge < -0.3 is 19.1 Å². The molecular weight excluding hydrogens is 555 g/mol. The zero-order chi connectivity index (χ0) is 32.0. The van der Waals surface area contributed by atoms with E-state index in [1.807, 2.05) is 60.6 Å². The van der Waals surface area contributed by atoms with Crippen LogP contribution in [-0.4, -0.2) is 42.4 Å². The molecule has 1 saturated carbocycles. The number of ether oxygens (including phenoxy) is 3. The van der Waals surface area contributed by atoms with Crippen molar-refractivity contribution < 1.29 is 23.4 Å². The number of carbonyl (C=O) groups is 1. The molecular formula is C37H47FN2O4. The lowest BCUT2D eigenvalue weighted by molar-refractivity contribution is -0.171. The second-order valence-electron chi connectivity index (χ2n) is 14.2. The van der Waals surface area contributed by atoms with Gasteiger partial charge in [0.1, 0.15) is 11.6 Å². The lowest BCUT2D eigenvalue weighted by atomic mass is 9.93. The lowest BCUT2D eigenvalue weighted by Gasteiger charge is -2.34. The van der Waals surface area contributed by atoms with E-state index in [4.69, 9.17) is 19.2 Å². The number of anilines is 1.